The first-order valence-electron chi connectivity index (χ1n) is 15.6. The lowest BCUT2D eigenvalue weighted by Crippen LogP contribution is -2.48. The van der Waals surface area contributed by atoms with Gasteiger partial charge in [-0.1, -0.05) is 72.8 Å². The van der Waals surface area contributed by atoms with E-state index in [0.717, 1.165) is 56.8 Å². The molecule has 0 N–H and O–H groups in total. The Kier molecular flexibility index (Phi) is 10.4. The van der Waals surface area contributed by atoms with E-state index in [1.165, 1.54) is 5.56 Å². The van der Waals surface area contributed by atoms with Crippen LogP contribution >= 0.6 is 0 Å². The second-order valence-corrected chi connectivity index (χ2v) is 11.7. The summed E-state index contributed by atoms with van der Waals surface area (Å²) in [6, 6.07) is 20.3. The van der Waals surface area contributed by atoms with Crippen LogP contribution in [0.2, 0.25) is 0 Å². The number of esters is 1. The van der Waals surface area contributed by atoms with Crippen molar-refractivity contribution >= 4 is 29.4 Å². The molecule has 1 saturated heterocycles. The van der Waals surface area contributed by atoms with E-state index in [1.54, 1.807) is 4.57 Å². The highest BCUT2D eigenvalue weighted by Gasteiger charge is 2.42. The van der Waals surface area contributed by atoms with E-state index >= 15 is 0 Å². The van der Waals surface area contributed by atoms with Gasteiger partial charge in [-0.25, -0.2) is 9.79 Å². The third-order valence-corrected chi connectivity index (χ3v) is 8.38. The summed E-state index contributed by atoms with van der Waals surface area (Å²) in [7, 11) is 4.04. The molecule has 44 heavy (non-hydrogen) atoms. The summed E-state index contributed by atoms with van der Waals surface area (Å²) in [6.07, 6.45) is 5.13. The Morgan fingerprint density at radius 1 is 1.02 bits per heavy atom. The molecule has 2 aliphatic heterocycles. The molecule has 0 spiro atoms. The number of carbonyl (C=O) groups is 1. The van der Waals surface area contributed by atoms with Crippen LogP contribution in [0, 0.1) is 5.92 Å². The van der Waals surface area contributed by atoms with Crippen molar-refractivity contribution in [3.05, 3.63) is 93.9 Å². The van der Waals surface area contributed by atoms with Crippen LogP contribution in [-0.2, 0) is 16.1 Å². The van der Waals surface area contributed by atoms with Crippen molar-refractivity contribution in [1.29, 1.82) is 0 Å². The number of rotatable bonds is 11. The highest BCUT2D eigenvalue weighted by atomic mass is 16.5. The van der Waals surface area contributed by atoms with Gasteiger partial charge in [-0.2, -0.15) is 4.98 Å². The maximum absolute atomic E-state index is 13.7. The first kappa shape index (κ1) is 31.3. The smallest absolute Gasteiger partial charge is 0.351 e. The molecule has 0 amide bonds. The van der Waals surface area contributed by atoms with Gasteiger partial charge in [0.1, 0.15) is 17.6 Å². The summed E-state index contributed by atoms with van der Waals surface area (Å²) in [5.74, 6) is -0.0495. The van der Waals surface area contributed by atoms with Crippen LogP contribution in [0.25, 0.3) is 6.08 Å². The predicted octanol–water partition coefficient (Wildman–Crippen LogP) is 4.45. The summed E-state index contributed by atoms with van der Waals surface area (Å²) < 4.78 is 7.29. The van der Waals surface area contributed by atoms with Crippen LogP contribution in [0.4, 0.5) is 11.6 Å². The number of benzene rings is 2. The number of hydrogen-bond donors (Lipinski definition) is 0. The van der Waals surface area contributed by atoms with Gasteiger partial charge in [-0.3, -0.25) is 14.3 Å². The SMILES string of the molecule is CCOC(=O)C1C(C)=Nc2c(c(N3CCN(CC=Cc4ccccc4)CC3)nc(=O)n2CCCN(C)C)C1c1ccccc1. The van der Waals surface area contributed by atoms with E-state index < -0.39 is 5.92 Å². The standard InChI is InChI=1S/C35H44N6O3/c1-5-44-34(42)29-26(2)36-33-31(30(29)28-17-10-7-11-18-28)32(37-35(43)41(33)21-13-19-38(3)4)40-24-22-39(23-25-40)20-12-16-27-14-8-6-9-15-27/h6-12,14-18,29-30H,5,13,19-25H2,1-4H3. The number of hydrogen-bond acceptors (Lipinski definition) is 8. The molecule has 0 saturated carbocycles. The van der Waals surface area contributed by atoms with Crippen LogP contribution in [0.5, 0.6) is 0 Å². The third kappa shape index (κ3) is 7.17. The molecule has 0 radical (unpaired) electrons. The number of fused-ring (bicyclic) bond motifs is 1. The van der Waals surface area contributed by atoms with Crippen LogP contribution in [0.15, 0.2) is 76.5 Å². The number of carbonyl (C=O) groups excluding carboxylic acids is 1. The first-order valence-corrected chi connectivity index (χ1v) is 15.6. The number of nitrogens with zero attached hydrogens (tertiary/aromatic N) is 6. The lowest BCUT2D eigenvalue weighted by atomic mass is 9.76. The molecular weight excluding hydrogens is 552 g/mol. The minimum absolute atomic E-state index is 0.285. The van der Waals surface area contributed by atoms with Crippen molar-refractivity contribution in [3.8, 4) is 0 Å². The Labute approximate surface area is 260 Å². The fourth-order valence-electron chi connectivity index (χ4n) is 6.18. The zero-order chi connectivity index (χ0) is 31.1. The normalized spacial score (nSPS) is 18.8. The van der Waals surface area contributed by atoms with E-state index in [1.807, 2.05) is 76.5 Å². The van der Waals surface area contributed by atoms with Crippen molar-refractivity contribution in [2.24, 2.45) is 10.9 Å². The molecule has 0 aliphatic carbocycles. The quantitative estimate of drug-likeness (QED) is 0.303. The maximum Gasteiger partial charge on any atom is 0.351 e. The van der Waals surface area contributed by atoms with Crippen molar-refractivity contribution < 1.29 is 9.53 Å². The lowest BCUT2D eigenvalue weighted by molar-refractivity contribution is -0.146. The number of piperazine rings is 1. The van der Waals surface area contributed by atoms with Crippen molar-refractivity contribution in [2.45, 2.75) is 32.7 Å². The van der Waals surface area contributed by atoms with Crippen LogP contribution in [0.1, 0.15) is 42.9 Å². The maximum atomic E-state index is 13.7. The first-order chi connectivity index (χ1) is 21.4. The van der Waals surface area contributed by atoms with E-state index in [-0.39, 0.29) is 24.2 Å². The Hall–Kier alpha value is -4.08. The van der Waals surface area contributed by atoms with Crippen LogP contribution < -0.4 is 10.6 Å². The van der Waals surface area contributed by atoms with Crippen molar-refractivity contribution in [2.75, 3.05) is 64.9 Å². The molecule has 9 nitrogen and oxygen atoms in total. The topological polar surface area (TPSA) is 83.3 Å². The number of anilines is 1. The third-order valence-electron chi connectivity index (χ3n) is 8.38. The fraction of sp³-hybridized carbons (Fsp3) is 0.429. The van der Waals surface area contributed by atoms with Gasteiger partial charge in [0.2, 0.25) is 0 Å². The highest BCUT2D eigenvalue weighted by Crippen LogP contribution is 2.46. The summed E-state index contributed by atoms with van der Waals surface area (Å²) >= 11 is 0. The zero-order valence-electron chi connectivity index (χ0n) is 26.4. The van der Waals surface area contributed by atoms with E-state index in [2.05, 4.69) is 39.0 Å². The number of ether oxygens (including phenoxy) is 1. The minimum Gasteiger partial charge on any atom is -0.465 e. The molecule has 2 aliphatic rings. The average Bonchev–Trinajstić information content (AvgIpc) is 3.02. The van der Waals surface area contributed by atoms with Gasteiger partial charge in [0.15, 0.2) is 0 Å². The molecule has 9 heteroatoms. The zero-order valence-corrected chi connectivity index (χ0v) is 26.4. The van der Waals surface area contributed by atoms with Crippen molar-refractivity contribution in [3.63, 3.8) is 0 Å². The molecule has 2 aromatic carbocycles. The Morgan fingerprint density at radius 3 is 2.36 bits per heavy atom. The minimum atomic E-state index is -0.609. The summed E-state index contributed by atoms with van der Waals surface area (Å²) in [5.41, 5.74) is 3.35. The molecule has 1 aromatic heterocycles. The van der Waals surface area contributed by atoms with E-state index in [9.17, 15) is 9.59 Å². The van der Waals surface area contributed by atoms with Gasteiger partial charge < -0.3 is 14.5 Å². The summed E-state index contributed by atoms with van der Waals surface area (Å²) in [5, 5.41) is 0. The molecule has 232 valence electrons. The molecule has 5 rings (SSSR count). The molecular formula is C35H44N6O3. The monoisotopic (exact) mass is 596 g/mol. The van der Waals surface area contributed by atoms with Gasteiger partial charge in [0.05, 0.1) is 6.61 Å². The highest BCUT2D eigenvalue weighted by molar-refractivity contribution is 6.05. The van der Waals surface area contributed by atoms with Gasteiger partial charge in [0.25, 0.3) is 0 Å². The molecule has 3 aromatic rings. The molecule has 0 bridgehead atoms. The number of aromatic nitrogens is 2. The Morgan fingerprint density at radius 2 is 1.70 bits per heavy atom. The molecule has 2 unspecified atom stereocenters. The average molecular weight is 597 g/mol. The second-order valence-electron chi connectivity index (χ2n) is 11.7. The molecule has 2 atom stereocenters. The fourth-order valence-corrected chi connectivity index (χ4v) is 6.18. The van der Waals surface area contributed by atoms with Gasteiger partial charge in [-0.15, -0.1) is 0 Å². The summed E-state index contributed by atoms with van der Waals surface area (Å²) in [6.45, 7) is 9.27. The van der Waals surface area contributed by atoms with E-state index in [4.69, 9.17) is 14.7 Å². The Balaban J connectivity index is 1.52. The lowest BCUT2D eigenvalue weighted by Gasteiger charge is -2.39. The van der Waals surface area contributed by atoms with E-state index in [0.29, 0.717) is 23.9 Å². The second kappa shape index (κ2) is 14.6. The molecule has 3 heterocycles. The van der Waals surface area contributed by atoms with Crippen LogP contribution in [0.3, 0.4) is 0 Å². The number of aliphatic imine (C=N–C) groups is 1. The van der Waals surface area contributed by atoms with Gasteiger partial charge in [0, 0.05) is 56.5 Å². The van der Waals surface area contributed by atoms with Gasteiger partial charge in [-0.05, 0) is 52.0 Å². The largest absolute Gasteiger partial charge is 0.465 e. The van der Waals surface area contributed by atoms with Crippen molar-refractivity contribution in [1.82, 2.24) is 19.4 Å². The predicted molar refractivity (Wildman–Crippen MR) is 177 cm³/mol. The van der Waals surface area contributed by atoms with Crippen LogP contribution in [-0.4, -0.2) is 91.0 Å². The Bertz CT molecular complexity index is 1530. The summed E-state index contributed by atoms with van der Waals surface area (Å²) in [4.78, 5) is 43.6. The molecule has 1 fully saturated rings. The van der Waals surface area contributed by atoms with Gasteiger partial charge >= 0.3 is 11.7 Å².